The number of hydrogen-bond donors (Lipinski definition) is 0. The van der Waals surface area contributed by atoms with Gasteiger partial charge in [-0.15, -0.1) is 0 Å². The molecule has 0 aliphatic rings. The van der Waals surface area contributed by atoms with Crippen LogP contribution in [-0.4, -0.2) is 0 Å². The topological polar surface area (TPSA) is 0 Å². The fourth-order valence-electron chi connectivity index (χ4n) is 0.698. The van der Waals surface area contributed by atoms with E-state index in [0.29, 0.717) is 5.56 Å². The van der Waals surface area contributed by atoms with Gasteiger partial charge in [-0.3, -0.25) is 0 Å². The standard InChI is InChI=1S/C8H9F.2C2H6/c1-6-3-4-7(2)8(9)5-6;2*1-2/h3-5H,1-2H3;2*1-2H3. The molecular formula is C12H21F. The normalized spacial score (nSPS) is 7.62. The molecule has 0 unspecified atom stereocenters. The van der Waals surface area contributed by atoms with Crippen LogP contribution in [0.5, 0.6) is 0 Å². The van der Waals surface area contributed by atoms with Crippen molar-refractivity contribution in [2.45, 2.75) is 41.5 Å². The third kappa shape index (κ3) is 6.32. The molecule has 0 heterocycles. The molecule has 1 aromatic rings. The summed E-state index contributed by atoms with van der Waals surface area (Å²) >= 11 is 0. The van der Waals surface area contributed by atoms with Crippen LogP contribution in [0.2, 0.25) is 0 Å². The Hall–Kier alpha value is -0.850. The molecule has 0 aliphatic heterocycles. The fourth-order valence-corrected chi connectivity index (χ4v) is 0.698. The summed E-state index contributed by atoms with van der Waals surface area (Å²) in [6.45, 7) is 11.6. The van der Waals surface area contributed by atoms with E-state index in [4.69, 9.17) is 0 Å². The first-order valence-electron chi connectivity index (χ1n) is 4.93. The summed E-state index contributed by atoms with van der Waals surface area (Å²) in [5, 5.41) is 0. The molecule has 76 valence electrons. The lowest BCUT2D eigenvalue weighted by atomic mass is 10.2. The first-order chi connectivity index (χ1) is 6.20. The van der Waals surface area contributed by atoms with Crippen LogP contribution < -0.4 is 0 Å². The summed E-state index contributed by atoms with van der Waals surface area (Å²) in [7, 11) is 0. The Morgan fingerprint density at radius 3 is 1.69 bits per heavy atom. The molecule has 0 saturated carbocycles. The molecular weight excluding hydrogens is 163 g/mol. The minimum absolute atomic E-state index is 0.116. The lowest BCUT2D eigenvalue weighted by Crippen LogP contribution is -1.81. The smallest absolute Gasteiger partial charge is 0.126 e. The largest absolute Gasteiger partial charge is 0.207 e. The minimum Gasteiger partial charge on any atom is -0.207 e. The highest BCUT2D eigenvalue weighted by atomic mass is 19.1. The predicted molar refractivity (Wildman–Crippen MR) is 58.6 cm³/mol. The van der Waals surface area contributed by atoms with Crippen LogP contribution in [0.1, 0.15) is 38.8 Å². The van der Waals surface area contributed by atoms with Gasteiger partial charge in [0.2, 0.25) is 0 Å². The minimum atomic E-state index is -0.116. The molecule has 0 aliphatic carbocycles. The lowest BCUT2D eigenvalue weighted by Gasteiger charge is -1.94. The van der Waals surface area contributed by atoms with Crippen LogP contribution in [0.15, 0.2) is 18.2 Å². The zero-order chi connectivity index (χ0) is 10.9. The van der Waals surface area contributed by atoms with Crippen LogP contribution in [0.3, 0.4) is 0 Å². The fraction of sp³-hybridized carbons (Fsp3) is 0.500. The second-order valence-corrected chi connectivity index (χ2v) is 2.25. The average molecular weight is 184 g/mol. The van der Waals surface area contributed by atoms with Gasteiger partial charge in [-0.25, -0.2) is 4.39 Å². The molecule has 0 spiro atoms. The SMILES string of the molecule is CC.CC.Cc1ccc(C)c(F)c1. The van der Waals surface area contributed by atoms with Crippen molar-refractivity contribution in [3.8, 4) is 0 Å². The van der Waals surface area contributed by atoms with Crippen LogP contribution in [0, 0.1) is 19.7 Å². The number of benzene rings is 1. The highest BCUT2D eigenvalue weighted by molar-refractivity contribution is 5.21. The molecule has 0 nitrogen and oxygen atoms in total. The van der Waals surface area contributed by atoms with Crippen molar-refractivity contribution >= 4 is 0 Å². The number of halogens is 1. The van der Waals surface area contributed by atoms with Gasteiger partial charge in [0.1, 0.15) is 5.82 Å². The molecule has 0 fully saturated rings. The molecule has 0 amide bonds. The summed E-state index contributed by atoms with van der Waals surface area (Å²) in [5.74, 6) is -0.116. The van der Waals surface area contributed by atoms with Gasteiger partial charge in [0, 0.05) is 0 Å². The van der Waals surface area contributed by atoms with Crippen molar-refractivity contribution in [2.75, 3.05) is 0 Å². The van der Waals surface area contributed by atoms with E-state index in [0.717, 1.165) is 5.56 Å². The van der Waals surface area contributed by atoms with Crippen LogP contribution in [-0.2, 0) is 0 Å². The maximum absolute atomic E-state index is 12.6. The Balaban J connectivity index is 0. The summed E-state index contributed by atoms with van der Waals surface area (Å²) in [6, 6.07) is 5.22. The summed E-state index contributed by atoms with van der Waals surface area (Å²) < 4.78 is 12.6. The third-order valence-corrected chi connectivity index (χ3v) is 1.33. The quantitative estimate of drug-likeness (QED) is 0.557. The maximum atomic E-state index is 12.6. The van der Waals surface area contributed by atoms with Gasteiger partial charge in [0.25, 0.3) is 0 Å². The Bertz CT molecular complexity index is 216. The first-order valence-corrected chi connectivity index (χ1v) is 4.93. The molecule has 1 heteroatoms. The van der Waals surface area contributed by atoms with E-state index in [-0.39, 0.29) is 5.82 Å². The second-order valence-electron chi connectivity index (χ2n) is 2.25. The summed E-state index contributed by atoms with van der Waals surface area (Å²) in [5.41, 5.74) is 1.68. The molecule has 1 aromatic carbocycles. The highest BCUT2D eigenvalue weighted by Gasteiger charge is 1.93. The van der Waals surface area contributed by atoms with Gasteiger partial charge in [-0.05, 0) is 31.0 Å². The summed E-state index contributed by atoms with van der Waals surface area (Å²) in [4.78, 5) is 0. The van der Waals surface area contributed by atoms with Crippen molar-refractivity contribution in [2.24, 2.45) is 0 Å². The average Bonchev–Trinajstić information content (AvgIpc) is 2.18. The van der Waals surface area contributed by atoms with Crippen LogP contribution >= 0.6 is 0 Å². The van der Waals surface area contributed by atoms with E-state index in [1.807, 2.05) is 40.7 Å². The van der Waals surface area contributed by atoms with E-state index >= 15 is 0 Å². The predicted octanol–water partition coefficient (Wildman–Crippen LogP) is 4.49. The number of rotatable bonds is 0. The molecule has 1 rings (SSSR count). The number of hydrogen-bond acceptors (Lipinski definition) is 0. The van der Waals surface area contributed by atoms with Crippen LogP contribution in [0.4, 0.5) is 4.39 Å². The third-order valence-electron chi connectivity index (χ3n) is 1.33. The Labute approximate surface area is 81.8 Å². The molecule has 0 radical (unpaired) electrons. The van der Waals surface area contributed by atoms with Crippen molar-refractivity contribution in [3.05, 3.63) is 35.1 Å². The molecule has 0 N–H and O–H groups in total. The van der Waals surface area contributed by atoms with E-state index < -0.39 is 0 Å². The van der Waals surface area contributed by atoms with Gasteiger partial charge < -0.3 is 0 Å². The van der Waals surface area contributed by atoms with Crippen molar-refractivity contribution < 1.29 is 4.39 Å². The van der Waals surface area contributed by atoms with E-state index in [2.05, 4.69) is 0 Å². The van der Waals surface area contributed by atoms with Gasteiger partial charge >= 0.3 is 0 Å². The van der Waals surface area contributed by atoms with E-state index in [1.165, 1.54) is 6.07 Å². The van der Waals surface area contributed by atoms with E-state index in [1.54, 1.807) is 13.0 Å². The molecule has 13 heavy (non-hydrogen) atoms. The van der Waals surface area contributed by atoms with Gasteiger partial charge in [0.15, 0.2) is 0 Å². The maximum Gasteiger partial charge on any atom is 0.126 e. The highest BCUT2D eigenvalue weighted by Crippen LogP contribution is 2.06. The molecule has 0 aromatic heterocycles. The Morgan fingerprint density at radius 1 is 0.923 bits per heavy atom. The lowest BCUT2D eigenvalue weighted by molar-refractivity contribution is 0.617. The molecule has 0 bridgehead atoms. The van der Waals surface area contributed by atoms with Crippen molar-refractivity contribution in [3.63, 3.8) is 0 Å². The molecule has 0 atom stereocenters. The monoisotopic (exact) mass is 184 g/mol. The second kappa shape index (κ2) is 9.24. The first kappa shape index (κ1) is 14.7. The Morgan fingerprint density at radius 2 is 1.38 bits per heavy atom. The van der Waals surface area contributed by atoms with Crippen LogP contribution in [0.25, 0.3) is 0 Å². The molecule has 0 saturated heterocycles. The Kier molecular flexibility index (Phi) is 10.4. The van der Waals surface area contributed by atoms with Gasteiger partial charge in [-0.1, -0.05) is 39.8 Å². The zero-order valence-electron chi connectivity index (χ0n) is 9.61. The number of aryl methyl sites for hydroxylation is 2. The van der Waals surface area contributed by atoms with E-state index in [9.17, 15) is 4.39 Å². The van der Waals surface area contributed by atoms with Gasteiger partial charge in [-0.2, -0.15) is 0 Å². The van der Waals surface area contributed by atoms with Gasteiger partial charge in [0.05, 0.1) is 0 Å². The zero-order valence-corrected chi connectivity index (χ0v) is 9.61. The van der Waals surface area contributed by atoms with Crippen molar-refractivity contribution in [1.29, 1.82) is 0 Å². The summed E-state index contributed by atoms with van der Waals surface area (Å²) in [6.07, 6.45) is 0. The van der Waals surface area contributed by atoms with Crippen molar-refractivity contribution in [1.82, 2.24) is 0 Å².